The van der Waals surface area contributed by atoms with Gasteiger partial charge in [0.2, 0.25) is 11.8 Å². The summed E-state index contributed by atoms with van der Waals surface area (Å²) in [5, 5.41) is 6.34. The monoisotopic (exact) mass is 487 g/mol. The van der Waals surface area contributed by atoms with Crippen molar-refractivity contribution in [3.8, 4) is 12.3 Å². The largest absolute Gasteiger partial charge is 0.367 e. The van der Waals surface area contributed by atoms with Crippen LogP contribution in [0.4, 0.5) is 4.79 Å². The number of piperazine rings is 1. The predicted octanol–water partition coefficient (Wildman–Crippen LogP) is 1.22. The molecule has 3 rings (SSSR count). The number of urea groups is 1. The second-order valence-electron chi connectivity index (χ2n) is 8.09. The summed E-state index contributed by atoms with van der Waals surface area (Å²) >= 11 is 1.62. The first-order valence-electron chi connectivity index (χ1n) is 11.5. The van der Waals surface area contributed by atoms with Crippen molar-refractivity contribution in [3.63, 3.8) is 0 Å². The first kappa shape index (κ1) is 25.9. The number of rotatable bonds is 10. The van der Waals surface area contributed by atoms with Gasteiger partial charge in [-0.2, -0.15) is 11.8 Å². The molecule has 2 atom stereocenters. The first-order chi connectivity index (χ1) is 16.5. The number of hydrazine groups is 1. The van der Waals surface area contributed by atoms with Crippen LogP contribution in [0.25, 0.3) is 0 Å². The molecular weight excluding hydrogens is 454 g/mol. The van der Waals surface area contributed by atoms with Gasteiger partial charge in [0, 0.05) is 19.6 Å². The van der Waals surface area contributed by atoms with E-state index in [1.54, 1.807) is 31.6 Å². The fourth-order valence-corrected chi connectivity index (χ4v) is 4.79. The van der Waals surface area contributed by atoms with Crippen LogP contribution in [0.2, 0.25) is 0 Å². The average Bonchev–Trinajstić information content (AvgIpc) is 2.85. The molecule has 0 bridgehead atoms. The van der Waals surface area contributed by atoms with Crippen molar-refractivity contribution in [2.24, 2.45) is 0 Å². The predicted molar refractivity (Wildman–Crippen MR) is 131 cm³/mol. The molecule has 4 amide bonds. The van der Waals surface area contributed by atoms with E-state index in [1.807, 2.05) is 43.5 Å². The molecule has 1 aromatic rings. The van der Waals surface area contributed by atoms with Crippen LogP contribution in [0.15, 0.2) is 30.3 Å². The molecule has 2 heterocycles. The van der Waals surface area contributed by atoms with Gasteiger partial charge in [-0.25, -0.2) is 14.8 Å². The highest BCUT2D eigenvalue weighted by molar-refractivity contribution is 7.98. The molecule has 10 heteroatoms. The zero-order valence-corrected chi connectivity index (χ0v) is 20.6. The van der Waals surface area contributed by atoms with Gasteiger partial charge in [-0.05, 0) is 24.0 Å². The van der Waals surface area contributed by atoms with Crippen LogP contribution in [0.1, 0.15) is 18.9 Å². The number of carbonyl (C=O) groups is 3. The molecule has 1 aromatic carbocycles. The van der Waals surface area contributed by atoms with Gasteiger partial charge in [0.1, 0.15) is 18.8 Å². The summed E-state index contributed by atoms with van der Waals surface area (Å²) in [6.07, 6.45) is 7.15. The molecule has 0 radical (unpaired) electrons. The topological polar surface area (TPSA) is 85.4 Å². The van der Waals surface area contributed by atoms with E-state index in [-0.39, 0.29) is 37.5 Å². The average molecular weight is 488 g/mol. The van der Waals surface area contributed by atoms with Crippen molar-refractivity contribution in [1.82, 2.24) is 25.1 Å². The lowest BCUT2D eigenvalue weighted by atomic mass is 10.0. The molecule has 0 spiro atoms. The summed E-state index contributed by atoms with van der Waals surface area (Å²) < 4.78 is 5.39. The lowest BCUT2D eigenvalue weighted by Crippen LogP contribution is -2.76. The van der Waals surface area contributed by atoms with Crippen molar-refractivity contribution in [2.45, 2.75) is 32.1 Å². The summed E-state index contributed by atoms with van der Waals surface area (Å²) in [6.45, 7) is 3.85. The zero-order chi connectivity index (χ0) is 24.5. The Bertz CT molecular complexity index is 893. The summed E-state index contributed by atoms with van der Waals surface area (Å²) in [6, 6.07) is 8.74. The van der Waals surface area contributed by atoms with E-state index < -0.39 is 12.2 Å². The zero-order valence-electron chi connectivity index (χ0n) is 19.8. The molecule has 0 unspecified atom stereocenters. The van der Waals surface area contributed by atoms with Crippen LogP contribution >= 0.6 is 11.8 Å². The number of thioether (sulfide) groups is 1. The molecule has 184 valence electrons. The Hall–Kier alpha value is -2.74. The molecule has 2 aliphatic rings. The smallest absolute Gasteiger partial charge is 0.334 e. The third-order valence-corrected chi connectivity index (χ3v) is 6.62. The highest BCUT2D eigenvalue weighted by Gasteiger charge is 2.50. The molecule has 2 fully saturated rings. The number of nitrogens with zero attached hydrogens (tertiary/aromatic N) is 4. The van der Waals surface area contributed by atoms with Gasteiger partial charge in [-0.3, -0.25) is 9.59 Å². The van der Waals surface area contributed by atoms with Crippen LogP contribution in [0, 0.1) is 12.3 Å². The maximum atomic E-state index is 13.4. The second kappa shape index (κ2) is 12.6. The number of terminal acetylenes is 1. The summed E-state index contributed by atoms with van der Waals surface area (Å²) in [7, 11) is 0. The van der Waals surface area contributed by atoms with Gasteiger partial charge in [0.25, 0.3) is 0 Å². The molecule has 2 aliphatic heterocycles. The number of hydrogen-bond donors (Lipinski definition) is 1. The third-order valence-electron chi connectivity index (χ3n) is 5.98. The molecule has 2 saturated heterocycles. The van der Waals surface area contributed by atoms with Gasteiger partial charge in [0.15, 0.2) is 0 Å². The number of carbonyl (C=O) groups excluding carboxylic acids is 3. The number of nitrogens with one attached hydrogen (secondary N) is 1. The van der Waals surface area contributed by atoms with Gasteiger partial charge in [-0.1, -0.05) is 43.2 Å². The van der Waals surface area contributed by atoms with Crippen molar-refractivity contribution >= 4 is 29.6 Å². The quantitative estimate of drug-likeness (QED) is 0.395. The van der Waals surface area contributed by atoms with E-state index in [0.29, 0.717) is 32.7 Å². The lowest BCUT2D eigenvalue weighted by molar-refractivity contribution is -0.190. The van der Waals surface area contributed by atoms with E-state index in [4.69, 9.17) is 11.2 Å². The van der Waals surface area contributed by atoms with Crippen molar-refractivity contribution < 1.29 is 19.1 Å². The number of hydrogen-bond acceptors (Lipinski definition) is 6. The molecule has 0 saturated carbocycles. The van der Waals surface area contributed by atoms with Crippen LogP contribution < -0.4 is 5.32 Å². The van der Waals surface area contributed by atoms with Gasteiger partial charge >= 0.3 is 6.03 Å². The normalized spacial score (nSPS) is 20.8. The second-order valence-corrected chi connectivity index (χ2v) is 9.08. The molecular formula is C24H33N5O4S. The Morgan fingerprint density at radius 2 is 2.06 bits per heavy atom. The van der Waals surface area contributed by atoms with Crippen molar-refractivity contribution in [3.05, 3.63) is 35.9 Å². The van der Waals surface area contributed by atoms with E-state index in [9.17, 15) is 14.4 Å². The minimum absolute atomic E-state index is 0.0556. The fourth-order valence-electron chi connectivity index (χ4n) is 4.33. The first-order valence-corrected chi connectivity index (χ1v) is 12.9. The Balaban J connectivity index is 1.84. The lowest BCUT2D eigenvalue weighted by Gasteiger charge is -2.55. The number of likely N-dealkylation sites (N-methyl/N-ethyl adjacent to an activating group) is 1. The molecule has 0 aromatic heterocycles. The van der Waals surface area contributed by atoms with E-state index in [0.717, 1.165) is 11.3 Å². The fraction of sp³-hybridized carbons (Fsp3) is 0.542. The minimum atomic E-state index is -0.616. The molecule has 34 heavy (non-hydrogen) atoms. The highest BCUT2D eigenvalue weighted by Crippen LogP contribution is 2.28. The Labute approximate surface area is 205 Å². The summed E-state index contributed by atoms with van der Waals surface area (Å²) in [5.41, 5.74) is 0.979. The Kier molecular flexibility index (Phi) is 9.62. The summed E-state index contributed by atoms with van der Waals surface area (Å²) in [5.74, 6) is 2.90. The van der Waals surface area contributed by atoms with Crippen LogP contribution in [0.3, 0.4) is 0 Å². The van der Waals surface area contributed by atoms with Gasteiger partial charge in [-0.15, -0.1) is 6.42 Å². The SMILES string of the molecule is C#CCOCCN1C[C@H]2N(C(=O)CN(CC)N2C(=O)NCc2ccccc2)[C@@H](CCSC)C1=O. The third kappa shape index (κ3) is 6.03. The number of ether oxygens (including phenoxy) is 1. The van der Waals surface area contributed by atoms with Crippen molar-refractivity contribution in [2.75, 3.05) is 51.4 Å². The van der Waals surface area contributed by atoms with Crippen LogP contribution in [0.5, 0.6) is 0 Å². The highest BCUT2D eigenvalue weighted by atomic mass is 32.2. The van der Waals surface area contributed by atoms with E-state index in [1.165, 1.54) is 0 Å². The van der Waals surface area contributed by atoms with E-state index in [2.05, 4.69) is 11.2 Å². The maximum Gasteiger partial charge on any atom is 0.334 e. The van der Waals surface area contributed by atoms with Crippen molar-refractivity contribution in [1.29, 1.82) is 0 Å². The Morgan fingerprint density at radius 3 is 2.74 bits per heavy atom. The molecule has 1 N–H and O–H groups in total. The van der Waals surface area contributed by atoms with Gasteiger partial charge in [0.05, 0.1) is 19.7 Å². The van der Waals surface area contributed by atoms with E-state index >= 15 is 0 Å². The minimum Gasteiger partial charge on any atom is -0.367 e. The number of fused-ring (bicyclic) bond motifs is 1. The molecule has 9 nitrogen and oxygen atoms in total. The van der Waals surface area contributed by atoms with Crippen LogP contribution in [-0.4, -0.2) is 101 Å². The standard InChI is InChI=1S/C24H33N5O4S/c1-4-13-33-14-12-26-17-21-28(20(23(26)31)11-15-34-3)22(30)18-27(5-2)29(21)24(32)25-16-19-9-7-6-8-10-19/h1,6-10,20-21H,5,11-18H2,2-3H3,(H,25,32)/t20-,21-/m0/s1. The van der Waals surface area contributed by atoms with Crippen LogP contribution in [-0.2, 0) is 20.9 Å². The number of benzene rings is 1. The summed E-state index contributed by atoms with van der Waals surface area (Å²) in [4.78, 5) is 43.2. The number of amides is 4. The molecule has 0 aliphatic carbocycles. The Morgan fingerprint density at radius 1 is 1.29 bits per heavy atom. The van der Waals surface area contributed by atoms with Gasteiger partial charge < -0.3 is 19.9 Å². The maximum absolute atomic E-state index is 13.4.